The Morgan fingerprint density at radius 2 is 1.85 bits per heavy atom. The van der Waals surface area contributed by atoms with Crippen molar-refractivity contribution in [1.29, 1.82) is 0 Å². The molecule has 1 heterocycles. The molecule has 0 spiro atoms. The van der Waals surface area contributed by atoms with Gasteiger partial charge < -0.3 is 4.90 Å². The maximum absolute atomic E-state index is 2.67. The molecular weight excluding hydrogens is 158 g/mol. The monoisotopic (exact) mass is 183 g/mol. The van der Waals surface area contributed by atoms with Gasteiger partial charge in [0, 0.05) is 12.6 Å². The standard InChI is InChI=1S/C12H25N/c1-5-6-7-13-9-11(3)10(2)8-12(13)4/h10-12H,5-9H2,1-4H3/t10?,11-,12?/m0/s1. The molecule has 0 aliphatic carbocycles. The van der Waals surface area contributed by atoms with E-state index in [1.807, 2.05) is 0 Å². The molecule has 0 bridgehead atoms. The van der Waals surface area contributed by atoms with E-state index in [0.717, 1.165) is 17.9 Å². The molecule has 1 nitrogen and oxygen atoms in total. The SMILES string of the molecule is CCCCN1C[C@H](C)C(C)CC1C. The lowest BCUT2D eigenvalue weighted by molar-refractivity contribution is 0.0848. The maximum atomic E-state index is 2.67. The number of unbranched alkanes of at least 4 members (excludes halogenated alkanes) is 1. The van der Waals surface area contributed by atoms with Gasteiger partial charge in [-0.05, 0) is 38.1 Å². The van der Waals surface area contributed by atoms with Crippen LogP contribution in [0.5, 0.6) is 0 Å². The number of hydrogen-bond donors (Lipinski definition) is 0. The van der Waals surface area contributed by atoms with Crippen molar-refractivity contribution in [3.05, 3.63) is 0 Å². The minimum Gasteiger partial charge on any atom is -0.300 e. The van der Waals surface area contributed by atoms with Crippen molar-refractivity contribution in [1.82, 2.24) is 4.90 Å². The Balaban J connectivity index is 2.37. The lowest BCUT2D eigenvalue weighted by atomic mass is 9.85. The molecule has 3 atom stereocenters. The lowest BCUT2D eigenvalue weighted by Gasteiger charge is -2.40. The highest BCUT2D eigenvalue weighted by Crippen LogP contribution is 2.27. The van der Waals surface area contributed by atoms with E-state index in [0.29, 0.717) is 0 Å². The van der Waals surface area contributed by atoms with Crippen LogP contribution in [0.1, 0.15) is 47.0 Å². The fourth-order valence-corrected chi connectivity index (χ4v) is 2.32. The molecule has 1 aliphatic heterocycles. The first-order valence-corrected chi connectivity index (χ1v) is 5.89. The first-order chi connectivity index (χ1) is 6.15. The molecule has 0 aromatic rings. The quantitative estimate of drug-likeness (QED) is 0.649. The summed E-state index contributed by atoms with van der Waals surface area (Å²) in [5, 5.41) is 0. The lowest BCUT2D eigenvalue weighted by Crippen LogP contribution is -2.44. The number of rotatable bonds is 3. The van der Waals surface area contributed by atoms with Gasteiger partial charge in [-0.15, -0.1) is 0 Å². The Morgan fingerprint density at radius 1 is 1.15 bits per heavy atom. The summed E-state index contributed by atoms with van der Waals surface area (Å²) in [4.78, 5) is 2.67. The molecule has 13 heavy (non-hydrogen) atoms. The summed E-state index contributed by atoms with van der Waals surface area (Å²) >= 11 is 0. The molecule has 0 radical (unpaired) electrons. The molecule has 0 N–H and O–H groups in total. The predicted octanol–water partition coefficient (Wildman–Crippen LogP) is 3.15. The van der Waals surface area contributed by atoms with Gasteiger partial charge >= 0.3 is 0 Å². The van der Waals surface area contributed by atoms with Crippen LogP contribution in [0.25, 0.3) is 0 Å². The number of piperidine rings is 1. The first kappa shape index (κ1) is 11.0. The molecule has 2 unspecified atom stereocenters. The highest BCUT2D eigenvalue weighted by Gasteiger charge is 2.27. The van der Waals surface area contributed by atoms with Crippen LogP contribution in [-0.2, 0) is 0 Å². The zero-order valence-corrected chi connectivity index (χ0v) is 9.71. The molecule has 0 saturated carbocycles. The van der Waals surface area contributed by atoms with Crippen LogP contribution in [0.2, 0.25) is 0 Å². The molecule has 1 fully saturated rings. The summed E-state index contributed by atoms with van der Waals surface area (Å²) in [6.45, 7) is 12.1. The third-order valence-corrected chi connectivity index (χ3v) is 3.63. The average Bonchev–Trinajstić information content (AvgIpc) is 2.09. The van der Waals surface area contributed by atoms with E-state index in [4.69, 9.17) is 0 Å². The van der Waals surface area contributed by atoms with Gasteiger partial charge in [0.2, 0.25) is 0 Å². The molecule has 1 aliphatic rings. The van der Waals surface area contributed by atoms with E-state index < -0.39 is 0 Å². The summed E-state index contributed by atoms with van der Waals surface area (Å²) in [5.41, 5.74) is 0. The van der Waals surface area contributed by atoms with Gasteiger partial charge in [0.05, 0.1) is 0 Å². The van der Waals surface area contributed by atoms with Crippen LogP contribution < -0.4 is 0 Å². The first-order valence-electron chi connectivity index (χ1n) is 5.89. The van der Waals surface area contributed by atoms with Crippen LogP contribution in [0.3, 0.4) is 0 Å². The summed E-state index contributed by atoms with van der Waals surface area (Å²) in [5.74, 6) is 1.82. The van der Waals surface area contributed by atoms with Gasteiger partial charge in [0.15, 0.2) is 0 Å². The van der Waals surface area contributed by atoms with E-state index in [9.17, 15) is 0 Å². The van der Waals surface area contributed by atoms with Crippen molar-refractivity contribution in [3.8, 4) is 0 Å². The smallest absolute Gasteiger partial charge is 0.00696 e. The Bertz CT molecular complexity index is 144. The molecule has 1 heteroatoms. The summed E-state index contributed by atoms with van der Waals surface area (Å²) in [6, 6.07) is 0.817. The Labute approximate surface area is 83.5 Å². The average molecular weight is 183 g/mol. The molecule has 78 valence electrons. The van der Waals surface area contributed by atoms with Gasteiger partial charge in [0.1, 0.15) is 0 Å². The minimum absolute atomic E-state index is 0.817. The highest BCUT2D eigenvalue weighted by molar-refractivity contribution is 4.80. The molecule has 0 aromatic carbocycles. The largest absolute Gasteiger partial charge is 0.300 e. The zero-order chi connectivity index (χ0) is 9.84. The van der Waals surface area contributed by atoms with Gasteiger partial charge in [-0.2, -0.15) is 0 Å². The second-order valence-corrected chi connectivity index (χ2v) is 4.89. The van der Waals surface area contributed by atoms with E-state index in [1.165, 1.54) is 32.4 Å². The van der Waals surface area contributed by atoms with Crippen molar-refractivity contribution in [3.63, 3.8) is 0 Å². The molecule has 1 saturated heterocycles. The highest BCUT2D eigenvalue weighted by atomic mass is 15.2. The number of likely N-dealkylation sites (tertiary alicyclic amines) is 1. The molecule has 0 amide bonds. The van der Waals surface area contributed by atoms with Crippen LogP contribution in [0, 0.1) is 11.8 Å². The summed E-state index contributed by atoms with van der Waals surface area (Å²) in [7, 11) is 0. The minimum atomic E-state index is 0.817. The third kappa shape index (κ3) is 2.98. The van der Waals surface area contributed by atoms with E-state index in [1.54, 1.807) is 0 Å². The van der Waals surface area contributed by atoms with Gasteiger partial charge in [-0.25, -0.2) is 0 Å². The fourth-order valence-electron chi connectivity index (χ4n) is 2.32. The van der Waals surface area contributed by atoms with Crippen molar-refractivity contribution < 1.29 is 0 Å². The van der Waals surface area contributed by atoms with Crippen molar-refractivity contribution in [2.45, 2.75) is 53.0 Å². The second-order valence-electron chi connectivity index (χ2n) is 4.89. The Morgan fingerprint density at radius 3 is 2.46 bits per heavy atom. The fraction of sp³-hybridized carbons (Fsp3) is 1.00. The van der Waals surface area contributed by atoms with Crippen molar-refractivity contribution in [2.24, 2.45) is 11.8 Å². The van der Waals surface area contributed by atoms with Gasteiger partial charge in [0.25, 0.3) is 0 Å². The predicted molar refractivity (Wildman–Crippen MR) is 58.9 cm³/mol. The van der Waals surface area contributed by atoms with Crippen LogP contribution in [-0.4, -0.2) is 24.0 Å². The van der Waals surface area contributed by atoms with Crippen LogP contribution in [0.15, 0.2) is 0 Å². The normalized spacial score (nSPS) is 36.5. The molecule has 0 aromatic heterocycles. The third-order valence-electron chi connectivity index (χ3n) is 3.63. The Hall–Kier alpha value is -0.0400. The van der Waals surface area contributed by atoms with Crippen molar-refractivity contribution >= 4 is 0 Å². The topological polar surface area (TPSA) is 3.24 Å². The van der Waals surface area contributed by atoms with Crippen LogP contribution >= 0.6 is 0 Å². The second kappa shape index (κ2) is 4.99. The van der Waals surface area contributed by atoms with E-state index in [-0.39, 0.29) is 0 Å². The number of nitrogens with zero attached hydrogens (tertiary/aromatic N) is 1. The maximum Gasteiger partial charge on any atom is 0.00696 e. The van der Waals surface area contributed by atoms with E-state index >= 15 is 0 Å². The summed E-state index contributed by atoms with van der Waals surface area (Å²) < 4.78 is 0. The Kier molecular flexibility index (Phi) is 4.24. The van der Waals surface area contributed by atoms with Gasteiger partial charge in [-0.3, -0.25) is 0 Å². The van der Waals surface area contributed by atoms with E-state index in [2.05, 4.69) is 32.6 Å². The zero-order valence-electron chi connectivity index (χ0n) is 9.71. The van der Waals surface area contributed by atoms with Gasteiger partial charge in [-0.1, -0.05) is 27.2 Å². The van der Waals surface area contributed by atoms with Crippen molar-refractivity contribution in [2.75, 3.05) is 13.1 Å². The summed E-state index contributed by atoms with van der Waals surface area (Å²) in [6.07, 6.45) is 4.09. The molecular formula is C12H25N. The van der Waals surface area contributed by atoms with Crippen LogP contribution in [0.4, 0.5) is 0 Å². The molecule has 1 rings (SSSR count). The number of hydrogen-bond acceptors (Lipinski definition) is 1.